The summed E-state index contributed by atoms with van der Waals surface area (Å²) in [5.74, 6) is 1.55. The fourth-order valence-electron chi connectivity index (χ4n) is 4.68. The molecule has 0 aliphatic carbocycles. The number of hydrogen-bond acceptors (Lipinski definition) is 4. The maximum atomic E-state index is 12.4. The molecule has 158 valence electrons. The number of amides is 1. The third-order valence-corrected chi connectivity index (χ3v) is 6.20. The maximum Gasteiger partial charge on any atom is 0.234 e. The zero-order valence-electron chi connectivity index (χ0n) is 18.2. The molecule has 6 heteroatoms. The minimum Gasteiger partial charge on any atom is -0.355 e. The number of benzene rings is 1. The lowest BCUT2D eigenvalue weighted by Gasteiger charge is -2.30. The Labute approximate surface area is 178 Å². The molecule has 1 fully saturated rings. The molecule has 0 radical (unpaired) electrons. The van der Waals surface area contributed by atoms with Gasteiger partial charge in [0.15, 0.2) is 5.65 Å². The van der Waals surface area contributed by atoms with Gasteiger partial charge in [0.2, 0.25) is 5.91 Å². The summed E-state index contributed by atoms with van der Waals surface area (Å²) < 4.78 is 2.09. The van der Waals surface area contributed by atoms with Crippen LogP contribution in [-0.4, -0.2) is 51.6 Å². The minimum atomic E-state index is 0.115. The van der Waals surface area contributed by atoms with Crippen LogP contribution >= 0.6 is 0 Å². The molecule has 4 rings (SSSR count). The predicted octanol–water partition coefficient (Wildman–Crippen LogP) is 3.19. The first kappa shape index (κ1) is 20.5. The summed E-state index contributed by atoms with van der Waals surface area (Å²) in [6.07, 6.45) is 4.92. The van der Waals surface area contributed by atoms with Crippen molar-refractivity contribution in [3.05, 3.63) is 64.6 Å². The van der Waals surface area contributed by atoms with E-state index in [4.69, 9.17) is 0 Å². The molecule has 1 N–H and O–H groups in total. The van der Waals surface area contributed by atoms with Crippen molar-refractivity contribution in [1.29, 1.82) is 0 Å². The van der Waals surface area contributed by atoms with Crippen LogP contribution in [0.25, 0.3) is 5.65 Å². The summed E-state index contributed by atoms with van der Waals surface area (Å²) in [7, 11) is 0. The molecule has 1 aliphatic rings. The van der Waals surface area contributed by atoms with Crippen LogP contribution in [0.4, 0.5) is 0 Å². The minimum absolute atomic E-state index is 0.115. The highest BCUT2D eigenvalue weighted by Crippen LogP contribution is 2.26. The van der Waals surface area contributed by atoms with Crippen molar-refractivity contribution < 1.29 is 4.79 Å². The number of hydrogen-bond donors (Lipinski definition) is 1. The van der Waals surface area contributed by atoms with E-state index in [2.05, 4.69) is 57.7 Å². The number of carbonyl (C=O) groups is 1. The lowest BCUT2D eigenvalue weighted by Crippen LogP contribution is -2.41. The van der Waals surface area contributed by atoms with Gasteiger partial charge in [-0.1, -0.05) is 23.8 Å². The van der Waals surface area contributed by atoms with E-state index in [0.29, 0.717) is 19.0 Å². The Hall–Kier alpha value is -2.73. The van der Waals surface area contributed by atoms with Crippen molar-refractivity contribution in [2.24, 2.45) is 0 Å². The highest BCUT2D eigenvalue weighted by atomic mass is 16.2. The van der Waals surface area contributed by atoms with Crippen LogP contribution in [0.5, 0.6) is 0 Å². The van der Waals surface area contributed by atoms with E-state index in [1.165, 1.54) is 22.3 Å². The molecule has 0 bridgehead atoms. The molecule has 1 aliphatic heterocycles. The van der Waals surface area contributed by atoms with E-state index in [1.807, 2.05) is 24.4 Å². The molecular formula is C24H31N5O. The molecule has 0 atom stereocenters. The van der Waals surface area contributed by atoms with E-state index < -0.39 is 0 Å². The van der Waals surface area contributed by atoms with Crippen molar-refractivity contribution in [3.63, 3.8) is 0 Å². The van der Waals surface area contributed by atoms with E-state index in [1.54, 1.807) is 0 Å². The number of nitrogens with zero attached hydrogens (tertiary/aromatic N) is 4. The Morgan fingerprint density at radius 2 is 1.83 bits per heavy atom. The average Bonchev–Trinajstić information content (AvgIpc) is 3.15. The topological polar surface area (TPSA) is 62.5 Å². The number of fused-ring (bicyclic) bond motifs is 1. The van der Waals surface area contributed by atoms with Gasteiger partial charge in [0.25, 0.3) is 0 Å². The maximum absolute atomic E-state index is 12.4. The Bertz CT molecular complexity index is 1010. The summed E-state index contributed by atoms with van der Waals surface area (Å²) in [5.41, 5.74) is 6.16. The summed E-state index contributed by atoms with van der Waals surface area (Å²) in [4.78, 5) is 14.7. The van der Waals surface area contributed by atoms with Crippen LogP contribution in [0.15, 0.2) is 36.5 Å². The number of aromatic nitrogens is 3. The van der Waals surface area contributed by atoms with Crippen LogP contribution in [0.1, 0.15) is 46.8 Å². The summed E-state index contributed by atoms with van der Waals surface area (Å²) in [5, 5.41) is 11.8. The SMILES string of the molecule is Cc1cc(C)c(CCNC(=O)CN2CCC(c3nnc4ccccn34)CC2)c(C)c1. The molecule has 30 heavy (non-hydrogen) atoms. The zero-order valence-corrected chi connectivity index (χ0v) is 18.2. The number of aryl methyl sites for hydroxylation is 3. The van der Waals surface area contributed by atoms with E-state index in [-0.39, 0.29) is 5.91 Å². The summed E-state index contributed by atoms with van der Waals surface area (Å²) in [6, 6.07) is 10.4. The third kappa shape index (κ3) is 4.54. The highest BCUT2D eigenvalue weighted by molar-refractivity contribution is 5.78. The zero-order chi connectivity index (χ0) is 21.1. The van der Waals surface area contributed by atoms with Crippen molar-refractivity contribution >= 4 is 11.6 Å². The van der Waals surface area contributed by atoms with Crippen LogP contribution in [0.2, 0.25) is 0 Å². The van der Waals surface area contributed by atoms with E-state index in [0.717, 1.165) is 43.8 Å². The highest BCUT2D eigenvalue weighted by Gasteiger charge is 2.25. The third-order valence-electron chi connectivity index (χ3n) is 6.20. The number of carbonyl (C=O) groups excluding carboxylic acids is 1. The summed E-state index contributed by atoms with van der Waals surface area (Å²) >= 11 is 0. The summed E-state index contributed by atoms with van der Waals surface area (Å²) in [6.45, 7) is 9.41. The predicted molar refractivity (Wildman–Crippen MR) is 119 cm³/mol. The lowest BCUT2D eigenvalue weighted by molar-refractivity contribution is -0.122. The van der Waals surface area contributed by atoms with E-state index in [9.17, 15) is 4.79 Å². The monoisotopic (exact) mass is 405 g/mol. The van der Waals surface area contributed by atoms with Crippen molar-refractivity contribution in [2.75, 3.05) is 26.2 Å². The second-order valence-corrected chi connectivity index (χ2v) is 8.51. The first-order valence-electron chi connectivity index (χ1n) is 10.9. The first-order chi connectivity index (χ1) is 14.5. The van der Waals surface area contributed by atoms with Crippen molar-refractivity contribution in [1.82, 2.24) is 24.8 Å². The first-order valence-corrected chi connectivity index (χ1v) is 10.9. The second kappa shape index (κ2) is 8.96. The Kier molecular flexibility index (Phi) is 6.13. The van der Waals surface area contributed by atoms with Gasteiger partial charge < -0.3 is 5.32 Å². The number of piperidine rings is 1. The van der Waals surface area contributed by atoms with Crippen LogP contribution in [-0.2, 0) is 11.2 Å². The molecule has 1 aromatic carbocycles. The van der Waals surface area contributed by atoms with Crippen molar-refractivity contribution in [3.8, 4) is 0 Å². The molecule has 0 saturated carbocycles. The number of pyridine rings is 1. The van der Waals surface area contributed by atoms with Gasteiger partial charge in [-0.05, 0) is 81.9 Å². The van der Waals surface area contributed by atoms with Gasteiger partial charge in [-0.3, -0.25) is 14.1 Å². The van der Waals surface area contributed by atoms with Gasteiger partial charge in [0, 0.05) is 18.7 Å². The molecule has 1 saturated heterocycles. The van der Waals surface area contributed by atoms with Gasteiger partial charge in [-0.2, -0.15) is 0 Å². The molecule has 6 nitrogen and oxygen atoms in total. The standard InChI is InChI=1S/C24H31N5O/c1-17-14-18(2)21(19(3)15-17)7-10-25-23(30)16-28-12-8-20(9-13-28)24-27-26-22-6-4-5-11-29(22)24/h4-6,11,14-15,20H,7-10,12-13,16H2,1-3H3,(H,25,30). The smallest absolute Gasteiger partial charge is 0.234 e. The quantitative estimate of drug-likeness (QED) is 0.684. The Morgan fingerprint density at radius 1 is 1.10 bits per heavy atom. The number of nitrogens with one attached hydrogen (secondary N) is 1. The van der Waals surface area contributed by atoms with Crippen LogP contribution in [0, 0.1) is 20.8 Å². The van der Waals surface area contributed by atoms with Crippen LogP contribution in [0.3, 0.4) is 0 Å². The Morgan fingerprint density at radius 3 is 2.57 bits per heavy atom. The normalized spacial score (nSPS) is 15.6. The van der Waals surface area contributed by atoms with Crippen molar-refractivity contribution in [2.45, 2.75) is 46.0 Å². The molecule has 3 heterocycles. The molecule has 1 amide bonds. The number of rotatable bonds is 6. The molecular weight excluding hydrogens is 374 g/mol. The van der Waals surface area contributed by atoms with Gasteiger partial charge in [0.05, 0.1) is 6.54 Å². The average molecular weight is 406 g/mol. The Balaban J connectivity index is 1.24. The lowest BCUT2D eigenvalue weighted by atomic mass is 9.96. The fourth-order valence-corrected chi connectivity index (χ4v) is 4.68. The van der Waals surface area contributed by atoms with Gasteiger partial charge >= 0.3 is 0 Å². The molecule has 0 unspecified atom stereocenters. The largest absolute Gasteiger partial charge is 0.355 e. The fraction of sp³-hybridized carbons (Fsp3) is 0.458. The van der Waals surface area contributed by atoms with Gasteiger partial charge in [-0.25, -0.2) is 0 Å². The van der Waals surface area contributed by atoms with Gasteiger partial charge in [-0.15, -0.1) is 10.2 Å². The van der Waals surface area contributed by atoms with Gasteiger partial charge in [0.1, 0.15) is 5.82 Å². The molecule has 3 aromatic rings. The number of likely N-dealkylation sites (tertiary alicyclic amines) is 1. The molecule has 2 aromatic heterocycles. The second-order valence-electron chi connectivity index (χ2n) is 8.51. The van der Waals surface area contributed by atoms with Crippen LogP contribution < -0.4 is 5.32 Å². The molecule has 0 spiro atoms. The van der Waals surface area contributed by atoms with E-state index >= 15 is 0 Å².